The quantitative estimate of drug-likeness (QED) is 0.563. The Morgan fingerprint density at radius 3 is 2.56 bits per heavy atom. The lowest BCUT2D eigenvalue weighted by molar-refractivity contribution is -0.144. The smallest absolute Gasteiger partial charge is 0.324 e. The zero-order valence-electron chi connectivity index (χ0n) is 14.4. The first-order chi connectivity index (χ1) is 12.9. The third-order valence-corrected chi connectivity index (χ3v) is 5.34. The Labute approximate surface area is 156 Å². The minimum atomic E-state index is -3.87. The lowest BCUT2D eigenvalue weighted by atomic mass is 10.1. The Morgan fingerprint density at radius 2 is 1.81 bits per heavy atom. The van der Waals surface area contributed by atoms with Crippen LogP contribution in [0.4, 0.5) is 0 Å². The molecule has 0 saturated heterocycles. The molecule has 0 saturated carbocycles. The Balaban J connectivity index is 1.56. The van der Waals surface area contributed by atoms with Gasteiger partial charge in [0.2, 0.25) is 16.8 Å². The molecule has 1 unspecified atom stereocenters. The summed E-state index contributed by atoms with van der Waals surface area (Å²) in [6, 6.07) is 11.1. The van der Waals surface area contributed by atoms with Crippen molar-refractivity contribution in [3.8, 4) is 11.5 Å². The molecule has 1 aliphatic rings. The predicted octanol–water partition coefficient (Wildman–Crippen LogP) is 1.51. The van der Waals surface area contributed by atoms with Gasteiger partial charge in [0.05, 0.1) is 4.90 Å². The highest BCUT2D eigenvalue weighted by atomic mass is 32.2. The van der Waals surface area contributed by atoms with E-state index < -0.39 is 34.4 Å². The number of hydrogen-bond acceptors (Lipinski definition) is 7. The van der Waals surface area contributed by atoms with E-state index in [0.29, 0.717) is 17.1 Å². The summed E-state index contributed by atoms with van der Waals surface area (Å²) < 4.78 is 41.9. The van der Waals surface area contributed by atoms with E-state index in [2.05, 4.69) is 4.72 Å². The van der Waals surface area contributed by atoms with Crippen LogP contribution in [-0.2, 0) is 19.6 Å². The van der Waals surface area contributed by atoms with Crippen LogP contribution in [-0.4, -0.2) is 39.6 Å². The number of sulfonamides is 1. The molecular formula is C18H17NO7S. The molecule has 2 aromatic carbocycles. The SMILES string of the molecule is CC(NS(=O)(=O)c1ccccc1)C(=O)OCC(=O)c1ccc2c(c1)OCO2. The Bertz CT molecular complexity index is 957. The molecule has 0 aromatic heterocycles. The topological polar surface area (TPSA) is 108 Å². The van der Waals surface area contributed by atoms with Crippen LogP contribution in [0.15, 0.2) is 53.4 Å². The highest BCUT2D eigenvalue weighted by molar-refractivity contribution is 7.89. The average molecular weight is 391 g/mol. The molecule has 0 aliphatic carbocycles. The number of carbonyl (C=O) groups excluding carboxylic acids is 2. The monoisotopic (exact) mass is 391 g/mol. The van der Waals surface area contributed by atoms with Gasteiger partial charge in [-0.25, -0.2) is 8.42 Å². The lowest BCUT2D eigenvalue weighted by Gasteiger charge is -2.13. The van der Waals surface area contributed by atoms with Crippen LogP contribution in [0.2, 0.25) is 0 Å². The molecule has 0 spiro atoms. The van der Waals surface area contributed by atoms with Gasteiger partial charge < -0.3 is 14.2 Å². The summed E-state index contributed by atoms with van der Waals surface area (Å²) in [6.07, 6.45) is 0. The van der Waals surface area contributed by atoms with Crippen molar-refractivity contribution in [2.75, 3.05) is 13.4 Å². The van der Waals surface area contributed by atoms with Crippen LogP contribution >= 0.6 is 0 Å². The van der Waals surface area contributed by atoms with Crippen molar-refractivity contribution in [3.05, 3.63) is 54.1 Å². The number of nitrogens with one attached hydrogen (secondary N) is 1. The van der Waals surface area contributed by atoms with Gasteiger partial charge in [-0.1, -0.05) is 18.2 Å². The van der Waals surface area contributed by atoms with Crippen LogP contribution in [0.3, 0.4) is 0 Å². The highest BCUT2D eigenvalue weighted by Gasteiger charge is 2.24. The van der Waals surface area contributed by atoms with Crippen LogP contribution < -0.4 is 14.2 Å². The second kappa shape index (κ2) is 7.77. The molecule has 27 heavy (non-hydrogen) atoms. The maximum Gasteiger partial charge on any atom is 0.324 e. The number of fused-ring (bicyclic) bond motifs is 1. The van der Waals surface area contributed by atoms with Crippen molar-refractivity contribution in [3.63, 3.8) is 0 Å². The Morgan fingerprint density at radius 1 is 1.11 bits per heavy atom. The number of esters is 1. The zero-order chi connectivity index (χ0) is 19.4. The fraction of sp³-hybridized carbons (Fsp3) is 0.222. The number of rotatable bonds is 7. The number of carbonyl (C=O) groups is 2. The molecule has 3 rings (SSSR count). The summed E-state index contributed by atoms with van der Waals surface area (Å²) >= 11 is 0. The zero-order valence-corrected chi connectivity index (χ0v) is 15.2. The Hall–Kier alpha value is -2.91. The molecule has 1 N–H and O–H groups in total. The van der Waals surface area contributed by atoms with E-state index in [0.717, 1.165) is 0 Å². The van der Waals surface area contributed by atoms with E-state index in [4.69, 9.17) is 14.2 Å². The van der Waals surface area contributed by atoms with Gasteiger partial charge in [0.1, 0.15) is 6.04 Å². The number of ether oxygens (including phenoxy) is 3. The van der Waals surface area contributed by atoms with Crippen molar-refractivity contribution in [2.24, 2.45) is 0 Å². The fourth-order valence-corrected chi connectivity index (χ4v) is 3.58. The molecule has 9 heteroatoms. The summed E-state index contributed by atoms with van der Waals surface area (Å²) in [5, 5.41) is 0. The first kappa shape index (κ1) is 18.9. The minimum absolute atomic E-state index is 0.0288. The van der Waals surface area contributed by atoms with Crippen molar-refractivity contribution < 1.29 is 32.2 Å². The molecule has 8 nitrogen and oxygen atoms in total. The number of benzene rings is 2. The van der Waals surface area contributed by atoms with Crippen molar-refractivity contribution in [1.82, 2.24) is 4.72 Å². The van der Waals surface area contributed by atoms with Gasteiger partial charge in [-0.2, -0.15) is 4.72 Å². The molecule has 1 aliphatic heterocycles. The molecule has 1 atom stereocenters. The summed E-state index contributed by atoms with van der Waals surface area (Å²) in [7, 11) is -3.87. The molecule has 0 fully saturated rings. The third kappa shape index (κ3) is 4.44. The predicted molar refractivity (Wildman–Crippen MR) is 94.1 cm³/mol. The molecule has 0 radical (unpaired) electrons. The van der Waals surface area contributed by atoms with Gasteiger partial charge in [-0.3, -0.25) is 9.59 Å². The summed E-state index contributed by atoms with van der Waals surface area (Å²) in [5.74, 6) is -0.327. The average Bonchev–Trinajstić information content (AvgIpc) is 3.14. The minimum Gasteiger partial charge on any atom is -0.456 e. The fourth-order valence-electron chi connectivity index (χ4n) is 2.36. The van der Waals surface area contributed by atoms with Crippen LogP contribution in [0, 0.1) is 0 Å². The Kier molecular flexibility index (Phi) is 5.43. The highest BCUT2D eigenvalue weighted by Crippen LogP contribution is 2.32. The largest absolute Gasteiger partial charge is 0.456 e. The number of Topliss-reactive ketones (excluding diaryl/α,β-unsaturated/α-hetero) is 1. The van der Waals surface area contributed by atoms with E-state index in [1.54, 1.807) is 24.3 Å². The van der Waals surface area contributed by atoms with Crippen LogP contribution in [0.1, 0.15) is 17.3 Å². The third-order valence-electron chi connectivity index (χ3n) is 3.78. The standard InChI is InChI=1S/C18H17NO7S/c1-12(19-27(22,23)14-5-3-2-4-6-14)18(21)24-10-15(20)13-7-8-16-17(9-13)26-11-25-16/h2-9,12,19H,10-11H2,1H3. The van der Waals surface area contributed by atoms with E-state index in [1.807, 2.05) is 0 Å². The maximum absolute atomic E-state index is 12.2. The molecule has 2 aromatic rings. The van der Waals surface area contributed by atoms with E-state index in [-0.39, 0.29) is 11.7 Å². The first-order valence-electron chi connectivity index (χ1n) is 8.04. The van der Waals surface area contributed by atoms with E-state index in [1.165, 1.54) is 31.2 Å². The van der Waals surface area contributed by atoms with Crippen molar-refractivity contribution >= 4 is 21.8 Å². The van der Waals surface area contributed by atoms with Gasteiger partial charge >= 0.3 is 5.97 Å². The molecule has 0 bridgehead atoms. The summed E-state index contributed by atoms with van der Waals surface area (Å²) in [5.41, 5.74) is 0.296. The van der Waals surface area contributed by atoms with Gasteiger partial charge in [-0.05, 0) is 37.3 Å². The number of hydrogen-bond donors (Lipinski definition) is 1. The second-order valence-corrected chi connectivity index (χ2v) is 7.47. The van der Waals surface area contributed by atoms with E-state index in [9.17, 15) is 18.0 Å². The maximum atomic E-state index is 12.2. The van der Waals surface area contributed by atoms with Crippen molar-refractivity contribution in [2.45, 2.75) is 17.9 Å². The summed E-state index contributed by atoms with van der Waals surface area (Å²) in [4.78, 5) is 24.2. The molecule has 142 valence electrons. The van der Waals surface area contributed by atoms with Crippen molar-refractivity contribution in [1.29, 1.82) is 0 Å². The second-order valence-electron chi connectivity index (χ2n) is 5.75. The van der Waals surface area contributed by atoms with Gasteiger partial charge in [-0.15, -0.1) is 0 Å². The lowest BCUT2D eigenvalue weighted by Crippen LogP contribution is -2.40. The van der Waals surface area contributed by atoms with Gasteiger partial charge in [0.25, 0.3) is 0 Å². The number of ketones is 1. The normalized spacial score (nSPS) is 13.8. The van der Waals surface area contributed by atoms with E-state index >= 15 is 0 Å². The van der Waals surface area contributed by atoms with Gasteiger partial charge in [0, 0.05) is 5.56 Å². The first-order valence-corrected chi connectivity index (χ1v) is 9.52. The molecule has 1 heterocycles. The molecule has 0 amide bonds. The van der Waals surface area contributed by atoms with Gasteiger partial charge in [0.15, 0.2) is 23.9 Å². The van der Waals surface area contributed by atoms with Crippen LogP contribution in [0.5, 0.6) is 11.5 Å². The summed E-state index contributed by atoms with van der Waals surface area (Å²) in [6.45, 7) is 0.908. The molecular weight excluding hydrogens is 374 g/mol. The van der Waals surface area contributed by atoms with Crippen LogP contribution in [0.25, 0.3) is 0 Å².